The summed E-state index contributed by atoms with van der Waals surface area (Å²) in [4.78, 5) is 0.0993. The van der Waals surface area contributed by atoms with Crippen LogP contribution in [0, 0.1) is 2.88 Å². The van der Waals surface area contributed by atoms with E-state index < -0.39 is 9.05 Å². The highest BCUT2D eigenvalue weighted by Crippen LogP contribution is 2.24. The molecule has 0 aliphatic heterocycles. The number of hydrogen-bond donors (Lipinski definition) is 0. The molecule has 2 nitrogen and oxygen atoms in total. The van der Waals surface area contributed by atoms with Gasteiger partial charge in [-0.3, -0.25) is 0 Å². The van der Waals surface area contributed by atoms with E-state index in [4.69, 9.17) is 18.5 Å². The number of hydrogen-bond acceptors (Lipinski definition) is 3. The second-order valence-corrected chi connectivity index (χ2v) is 7.15. The molecule has 0 saturated carbocycles. The van der Waals surface area contributed by atoms with Crippen LogP contribution < -0.4 is 4.78 Å². The van der Waals surface area contributed by atoms with E-state index >= 15 is 0 Å². The second-order valence-electron chi connectivity index (χ2n) is 1.72. The molecule has 1 aromatic heterocycles. The number of thiophene rings is 1. The fraction of sp³-hybridized carbons (Fsp3) is 0. The lowest BCUT2D eigenvalue weighted by atomic mass is 10.1. The molecular formula is C4HBClIO2S2. The minimum absolute atomic E-state index is 0.0993. The predicted octanol–water partition coefficient (Wildman–Crippen LogP) is 1.07. The first-order chi connectivity index (χ1) is 4.91. The first-order valence-electron chi connectivity index (χ1n) is 2.41. The summed E-state index contributed by atoms with van der Waals surface area (Å²) in [6, 6.07) is 1.36. The van der Waals surface area contributed by atoms with Crippen molar-refractivity contribution in [2.24, 2.45) is 0 Å². The van der Waals surface area contributed by atoms with Crippen molar-refractivity contribution >= 4 is 66.3 Å². The average Bonchev–Trinajstić information content (AvgIpc) is 2.08. The maximum absolute atomic E-state index is 10.8. The average molecular weight is 318 g/mol. The molecule has 2 radical (unpaired) electrons. The monoisotopic (exact) mass is 318 g/mol. The van der Waals surface area contributed by atoms with Crippen LogP contribution in [0.4, 0.5) is 0 Å². The van der Waals surface area contributed by atoms with Crippen LogP contribution in [0.25, 0.3) is 0 Å². The Kier molecular flexibility index (Phi) is 2.89. The summed E-state index contributed by atoms with van der Waals surface area (Å²) >= 11 is 3.08. The largest absolute Gasteiger partial charge is 0.263 e. The van der Waals surface area contributed by atoms with Crippen LogP contribution in [0.1, 0.15) is 0 Å². The summed E-state index contributed by atoms with van der Waals surface area (Å²) in [5.41, 5.74) is 0. The van der Waals surface area contributed by atoms with Crippen molar-refractivity contribution in [1.82, 2.24) is 0 Å². The van der Waals surface area contributed by atoms with E-state index in [1.54, 1.807) is 0 Å². The van der Waals surface area contributed by atoms with Gasteiger partial charge in [0.25, 0.3) is 9.05 Å². The number of halogens is 2. The summed E-state index contributed by atoms with van der Waals surface area (Å²) in [5.74, 6) is 0. The van der Waals surface area contributed by atoms with E-state index in [0.717, 1.165) is 0 Å². The van der Waals surface area contributed by atoms with E-state index in [-0.39, 0.29) is 4.90 Å². The quantitative estimate of drug-likeness (QED) is 0.441. The second kappa shape index (κ2) is 3.23. The Labute approximate surface area is 87.9 Å². The smallest absolute Gasteiger partial charge is 0.207 e. The number of rotatable bonds is 1. The lowest BCUT2D eigenvalue weighted by Gasteiger charge is -1.88. The first kappa shape index (κ1) is 9.82. The van der Waals surface area contributed by atoms with Crippen molar-refractivity contribution in [3.63, 3.8) is 0 Å². The van der Waals surface area contributed by atoms with Gasteiger partial charge in [-0.05, 0) is 33.4 Å². The Morgan fingerprint density at radius 1 is 1.64 bits per heavy atom. The fourth-order valence-corrected chi connectivity index (χ4v) is 4.75. The molecule has 1 heterocycles. The predicted molar refractivity (Wildman–Crippen MR) is 55.5 cm³/mol. The molecule has 0 N–H and O–H groups in total. The third-order valence-electron chi connectivity index (χ3n) is 0.937. The molecule has 0 spiro atoms. The molecule has 7 heteroatoms. The molecule has 0 aromatic carbocycles. The van der Waals surface area contributed by atoms with E-state index in [9.17, 15) is 8.42 Å². The Morgan fingerprint density at radius 2 is 2.18 bits per heavy atom. The standard InChI is InChI=1S/C4HBClIO2S2/c5-3-1-2(4(7)10-3)11(6,8)9/h1H. The normalized spacial score (nSPS) is 11.8. The topological polar surface area (TPSA) is 34.1 Å². The molecule has 0 fully saturated rings. The van der Waals surface area contributed by atoms with Crippen LogP contribution >= 0.6 is 44.6 Å². The molecule has 11 heavy (non-hydrogen) atoms. The van der Waals surface area contributed by atoms with Gasteiger partial charge in [0.2, 0.25) is 0 Å². The summed E-state index contributed by atoms with van der Waals surface area (Å²) in [6.07, 6.45) is 0. The zero-order valence-corrected chi connectivity index (χ0v) is 9.59. The summed E-state index contributed by atoms with van der Waals surface area (Å²) < 4.78 is 22.6. The van der Waals surface area contributed by atoms with Gasteiger partial charge >= 0.3 is 0 Å². The van der Waals surface area contributed by atoms with Crippen LogP contribution in [0.5, 0.6) is 0 Å². The molecule has 0 unspecified atom stereocenters. The van der Waals surface area contributed by atoms with Crippen molar-refractivity contribution in [1.29, 1.82) is 0 Å². The van der Waals surface area contributed by atoms with E-state index in [1.807, 2.05) is 22.6 Å². The maximum atomic E-state index is 10.8. The van der Waals surface area contributed by atoms with E-state index in [2.05, 4.69) is 0 Å². The highest BCUT2D eigenvalue weighted by molar-refractivity contribution is 14.1. The molecule has 0 amide bonds. The van der Waals surface area contributed by atoms with E-state index in [1.165, 1.54) is 17.4 Å². The van der Waals surface area contributed by atoms with Gasteiger partial charge in [-0.2, -0.15) is 0 Å². The Hall–Kier alpha value is 0.735. The first-order valence-corrected chi connectivity index (χ1v) is 6.61. The van der Waals surface area contributed by atoms with Gasteiger partial charge < -0.3 is 0 Å². The third kappa shape index (κ3) is 2.33. The molecule has 0 atom stereocenters. The van der Waals surface area contributed by atoms with Crippen molar-refractivity contribution in [3.8, 4) is 0 Å². The maximum Gasteiger partial charge on any atom is 0.263 e. The molecule has 0 bridgehead atoms. The van der Waals surface area contributed by atoms with Crippen LogP contribution in [0.3, 0.4) is 0 Å². The Bertz CT molecular complexity index is 371. The van der Waals surface area contributed by atoms with Crippen molar-refractivity contribution in [2.75, 3.05) is 0 Å². The van der Waals surface area contributed by atoms with Gasteiger partial charge in [0.1, 0.15) is 12.7 Å². The molecule has 58 valence electrons. The van der Waals surface area contributed by atoms with Gasteiger partial charge in [0.15, 0.2) is 0 Å². The van der Waals surface area contributed by atoms with Crippen LogP contribution in [0.2, 0.25) is 0 Å². The van der Waals surface area contributed by atoms with Crippen molar-refractivity contribution in [2.45, 2.75) is 4.90 Å². The molecule has 1 aromatic rings. The summed E-state index contributed by atoms with van der Waals surface area (Å²) in [6.45, 7) is 0. The Morgan fingerprint density at radius 3 is 2.36 bits per heavy atom. The van der Waals surface area contributed by atoms with Gasteiger partial charge in [-0.1, -0.05) is 0 Å². The highest BCUT2D eigenvalue weighted by Gasteiger charge is 2.16. The molecule has 1 rings (SSSR count). The zero-order chi connectivity index (χ0) is 8.65. The summed E-state index contributed by atoms with van der Waals surface area (Å²) in [5, 5.41) is 0. The van der Waals surface area contributed by atoms with Gasteiger partial charge in [0, 0.05) is 10.7 Å². The van der Waals surface area contributed by atoms with Crippen LogP contribution in [-0.2, 0) is 9.05 Å². The van der Waals surface area contributed by atoms with E-state index in [0.29, 0.717) is 7.66 Å². The molecule has 0 saturated heterocycles. The lowest BCUT2D eigenvalue weighted by Crippen LogP contribution is -1.93. The molecule has 0 aliphatic carbocycles. The fourth-order valence-electron chi connectivity index (χ4n) is 0.535. The van der Waals surface area contributed by atoms with Crippen LogP contribution in [-0.4, -0.2) is 16.3 Å². The summed E-state index contributed by atoms with van der Waals surface area (Å²) in [7, 11) is 6.84. The third-order valence-corrected chi connectivity index (χ3v) is 4.77. The van der Waals surface area contributed by atoms with Gasteiger partial charge in [0.05, 0.1) is 2.88 Å². The SMILES string of the molecule is [B]c1cc(S(=O)(=O)Cl)c(I)s1. The zero-order valence-electron chi connectivity index (χ0n) is 5.04. The lowest BCUT2D eigenvalue weighted by molar-refractivity contribution is 0.609. The van der Waals surface area contributed by atoms with Gasteiger partial charge in [-0.15, -0.1) is 11.3 Å². The molecular weight excluding hydrogens is 317 g/mol. The minimum Gasteiger partial charge on any atom is -0.207 e. The van der Waals surface area contributed by atoms with Gasteiger partial charge in [-0.25, -0.2) is 8.42 Å². The Balaban J connectivity index is 3.36. The molecule has 0 aliphatic rings. The van der Waals surface area contributed by atoms with Crippen LogP contribution in [0.15, 0.2) is 11.0 Å². The van der Waals surface area contributed by atoms with Crippen molar-refractivity contribution in [3.05, 3.63) is 8.95 Å². The minimum atomic E-state index is -3.62. The highest BCUT2D eigenvalue weighted by atomic mass is 127. The van der Waals surface area contributed by atoms with Crippen molar-refractivity contribution < 1.29 is 8.42 Å².